The highest BCUT2D eigenvalue weighted by Crippen LogP contribution is 2.55. The standard InChI is InChI=1S/C11H18N2OS/c12-9(15)5-6-13-11(14)10-7-3-1-2-4-8(7)10/h7-8,10H,1-6H2,(H2,12,15)(H,13,14). The van der Waals surface area contributed by atoms with E-state index in [-0.39, 0.29) is 5.91 Å². The molecule has 0 saturated heterocycles. The summed E-state index contributed by atoms with van der Waals surface area (Å²) < 4.78 is 0. The molecule has 15 heavy (non-hydrogen) atoms. The van der Waals surface area contributed by atoms with Gasteiger partial charge in [-0.1, -0.05) is 25.1 Å². The highest BCUT2D eigenvalue weighted by Gasteiger charge is 2.54. The van der Waals surface area contributed by atoms with Gasteiger partial charge in [-0.25, -0.2) is 0 Å². The number of carbonyl (C=O) groups is 1. The van der Waals surface area contributed by atoms with Crippen LogP contribution in [0.2, 0.25) is 0 Å². The Kier molecular flexibility index (Phi) is 3.24. The Morgan fingerprint density at radius 1 is 1.33 bits per heavy atom. The van der Waals surface area contributed by atoms with Gasteiger partial charge in [0.2, 0.25) is 5.91 Å². The SMILES string of the molecule is NC(=S)CCNC(=O)C1C2CCCCC21. The minimum absolute atomic E-state index is 0.225. The van der Waals surface area contributed by atoms with E-state index >= 15 is 0 Å². The molecule has 3 N–H and O–H groups in total. The zero-order valence-corrected chi connectivity index (χ0v) is 9.69. The monoisotopic (exact) mass is 226 g/mol. The van der Waals surface area contributed by atoms with Crippen LogP contribution in [0.5, 0.6) is 0 Å². The van der Waals surface area contributed by atoms with Crippen LogP contribution in [0.4, 0.5) is 0 Å². The molecule has 2 atom stereocenters. The molecule has 0 heterocycles. The molecular formula is C11H18N2OS. The van der Waals surface area contributed by atoms with Crippen LogP contribution in [-0.2, 0) is 4.79 Å². The van der Waals surface area contributed by atoms with Gasteiger partial charge >= 0.3 is 0 Å². The first kappa shape index (κ1) is 10.9. The normalized spacial score (nSPS) is 32.9. The van der Waals surface area contributed by atoms with Gasteiger partial charge in [-0.2, -0.15) is 0 Å². The lowest BCUT2D eigenvalue weighted by Gasteiger charge is -2.04. The zero-order valence-electron chi connectivity index (χ0n) is 8.87. The van der Waals surface area contributed by atoms with Gasteiger partial charge in [-0.15, -0.1) is 0 Å². The van der Waals surface area contributed by atoms with Crippen LogP contribution in [-0.4, -0.2) is 17.4 Å². The van der Waals surface area contributed by atoms with Crippen molar-refractivity contribution in [1.29, 1.82) is 0 Å². The first-order valence-electron chi connectivity index (χ1n) is 5.76. The molecule has 2 unspecified atom stereocenters. The van der Waals surface area contributed by atoms with Crippen molar-refractivity contribution in [3.8, 4) is 0 Å². The lowest BCUT2D eigenvalue weighted by atomic mass is 10.0. The molecule has 0 aromatic carbocycles. The van der Waals surface area contributed by atoms with Crippen LogP contribution in [0, 0.1) is 17.8 Å². The minimum Gasteiger partial charge on any atom is -0.393 e. The predicted octanol–water partition coefficient (Wildman–Crippen LogP) is 1.21. The van der Waals surface area contributed by atoms with Gasteiger partial charge in [0.05, 0.1) is 4.99 Å². The minimum atomic E-state index is 0.225. The topological polar surface area (TPSA) is 55.1 Å². The van der Waals surface area contributed by atoms with Crippen LogP contribution in [0.25, 0.3) is 0 Å². The Bertz CT molecular complexity index is 268. The molecule has 84 valence electrons. The molecule has 0 aromatic heterocycles. The van der Waals surface area contributed by atoms with Gasteiger partial charge in [0.25, 0.3) is 0 Å². The maximum Gasteiger partial charge on any atom is 0.223 e. The molecule has 2 rings (SSSR count). The molecule has 0 bridgehead atoms. The van der Waals surface area contributed by atoms with E-state index in [1.54, 1.807) is 0 Å². The summed E-state index contributed by atoms with van der Waals surface area (Å²) in [5.74, 6) is 1.90. The summed E-state index contributed by atoms with van der Waals surface area (Å²) in [5, 5.41) is 2.93. The lowest BCUT2D eigenvalue weighted by Crippen LogP contribution is -2.29. The van der Waals surface area contributed by atoms with Crippen LogP contribution in [0.1, 0.15) is 32.1 Å². The van der Waals surface area contributed by atoms with E-state index in [1.807, 2.05) is 0 Å². The fourth-order valence-corrected chi connectivity index (χ4v) is 2.91. The quantitative estimate of drug-likeness (QED) is 0.709. The fraction of sp³-hybridized carbons (Fsp3) is 0.818. The second-order valence-corrected chi connectivity index (χ2v) is 5.17. The third-order valence-electron chi connectivity index (χ3n) is 3.63. The summed E-state index contributed by atoms with van der Waals surface area (Å²) in [5.41, 5.74) is 5.37. The Balaban J connectivity index is 1.71. The highest BCUT2D eigenvalue weighted by molar-refractivity contribution is 7.80. The number of nitrogens with one attached hydrogen (secondary N) is 1. The van der Waals surface area contributed by atoms with E-state index in [1.165, 1.54) is 25.7 Å². The zero-order chi connectivity index (χ0) is 10.8. The van der Waals surface area contributed by atoms with Crippen molar-refractivity contribution in [1.82, 2.24) is 5.32 Å². The van der Waals surface area contributed by atoms with E-state index < -0.39 is 0 Å². The van der Waals surface area contributed by atoms with Crippen LogP contribution >= 0.6 is 12.2 Å². The third-order valence-corrected chi connectivity index (χ3v) is 3.83. The Hall–Kier alpha value is -0.640. The Morgan fingerprint density at radius 3 is 2.47 bits per heavy atom. The van der Waals surface area contributed by atoms with E-state index in [0.29, 0.717) is 35.7 Å². The van der Waals surface area contributed by atoms with Gasteiger partial charge in [-0.05, 0) is 24.7 Å². The number of thiocarbonyl (C=S) groups is 1. The second-order valence-electron chi connectivity index (χ2n) is 4.65. The van der Waals surface area contributed by atoms with Gasteiger partial charge in [0.1, 0.15) is 0 Å². The summed E-state index contributed by atoms with van der Waals surface area (Å²) in [6.07, 6.45) is 5.72. The summed E-state index contributed by atoms with van der Waals surface area (Å²) in [7, 11) is 0. The second kappa shape index (κ2) is 4.47. The fourth-order valence-electron chi connectivity index (χ4n) is 2.81. The maximum absolute atomic E-state index is 11.8. The highest BCUT2D eigenvalue weighted by atomic mass is 32.1. The lowest BCUT2D eigenvalue weighted by molar-refractivity contribution is -0.122. The van der Waals surface area contributed by atoms with E-state index in [4.69, 9.17) is 18.0 Å². The number of amides is 1. The van der Waals surface area contributed by atoms with Crippen molar-refractivity contribution in [2.75, 3.05) is 6.54 Å². The maximum atomic E-state index is 11.8. The molecule has 0 spiro atoms. The number of nitrogens with two attached hydrogens (primary N) is 1. The first-order chi connectivity index (χ1) is 7.20. The first-order valence-corrected chi connectivity index (χ1v) is 6.17. The largest absolute Gasteiger partial charge is 0.393 e. The molecule has 1 amide bonds. The number of fused-ring (bicyclic) bond motifs is 1. The van der Waals surface area contributed by atoms with Crippen molar-refractivity contribution < 1.29 is 4.79 Å². The van der Waals surface area contributed by atoms with Crippen molar-refractivity contribution >= 4 is 23.1 Å². The van der Waals surface area contributed by atoms with Crippen molar-refractivity contribution in [2.24, 2.45) is 23.5 Å². The molecule has 2 fully saturated rings. The van der Waals surface area contributed by atoms with E-state index in [2.05, 4.69) is 5.32 Å². The molecule has 0 aromatic rings. The number of hydrogen-bond acceptors (Lipinski definition) is 2. The van der Waals surface area contributed by atoms with Crippen molar-refractivity contribution in [2.45, 2.75) is 32.1 Å². The molecule has 2 saturated carbocycles. The number of hydrogen-bond donors (Lipinski definition) is 2. The average molecular weight is 226 g/mol. The van der Waals surface area contributed by atoms with Gasteiger partial charge in [0, 0.05) is 18.9 Å². The van der Waals surface area contributed by atoms with E-state index in [0.717, 1.165) is 0 Å². The molecule has 2 aliphatic carbocycles. The number of carbonyl (C=O) groups excluding carboxylic acids is 1. The molecule has 3 nitrogen and oxygen atoms in total. The molecule has 0 radical (unpaired) electrons. The van der Waals surface area contributed by atoms with Gasteiger partial charge in [-0.3, -0.25) is 4.79 Å². The molecule has 0 aliphatic heterocycles. The average Bonchev–Trinajstić information content (AvgIpc) is 2.90. The Morgan fingerprint density at radius 2 is 1.93 bits per heavy atom. The van der Waals surface area contributed by atoms with Gasteiger partial charge in [0.15, 0.2) is 0 Å². The predicted molar refractivity (Wildman–Crippen MR) is 63.4 cm³/mol. The summed E-state index contributed by atoms with van der Waals surface area (Å²) in [6.45, 7) is 0.601. The third kappa shape index (κ3) is 2.48. The van der Waals surface area contributed by atoms with E-state index in [9.17, 15) is 4.79 Å². The summed E-state index contributed by atoms with van der Waals surface area (Å²) in [6, 6.07) is 0. The van der Waals surface area contributed by atoms with Crippen LogP contribution in [0.3, 0.4) is 0 Å². The number of rotatable bonds is 4. The molecule has 2 aliphatic rings. The summed E-state index contributed by atoms with van der Waals surface area (Å²) >= 11 is 4.76. The molecule has 4 heteroatoms. The smallest absolute Gasteiger partial charge is 0.223 e. The Labute approximate surface area is 95.8 Å². The molecular weight excluding hydrogens is 208 g/mol. The van der Waals surface area contributed by atoms with Gasteiger partial charge < -0.3 is 11.1 Å². The van der Waals surface area contributed by atoms with Crippen molar-refractivity contribution in [3.05, 3.63) is 0 Å². The van der Waals surface area contributed by atoms with Crippen LogP contribution < -0.4 is 11.1 Å². The summed E-state index contributed by atoms with van der Waals surface area (Å²) in [4.78, 5) is 12.2. The van der Waals surface area contributed by atoms with Crippen molar-refractivity contribution in [3.63, 3.8) is 0 Å². The van der Waals surface area contributed by atoms with Crippen LogP contribution in [0.15, 0.2) is 0 Å².